The van der Waals surface area contributed by atoms with Crippen molar-refractivity contribution in [3.8, 4) is 0 Å². The van der Waals surface area contributed by atoms with E-state index in [0.717, 1.165) is 15.7 Å². The van der Waals surface area contributed by atoms with Gasteiger partial charge in [0, 0.05) is 19.8 Å². The lowest BCUT2D eigenvalue weighted by Crippen LogP contribution is -2.41. The number of aromatic nitrogens is 4. The van der Waals surface area contributed by atoms with Crippen LogP contribution >= 0.6 is 0 Å². The fraction of sp³-hybridized carbons (Fsp3) is 0.316. The van der Waals surface area contributed by atoms with Crippen molar-refractivity contribution >= 4 is 28.7 Å². The number of fused-ring (bicyclic) bond motifs is 1. The SMILES string of the molecule is Cc1cccc(NC(=O)COC(=O)Cn2c(=O)c3c(ncn3C)n(C)c2=O)c1C. The van der Waals surface area contributed by atoms with Gasteiger partial charge in [0.1, 0.15) is 6.54 Å². The van der Waals surface area contributed by atoms with E-state index in [1.807, 2.05) is 19.9 Å². The van der Waals surface area contributed by atoms with Crippen LogP contribution in [0.15, 0.2) is 34.1 Å². The van der Waals surface area contributed by atoms with Gasteiger partial charge in [0.05, 0.1) is 6.33 Å². The number of ether oxygens (including phenoxy) is 1. The average Bonchev–Trinajstić information content (AvgIpc) is 3.07. The number of hydrogen-bond donors (Lipinski definition) is 1. The van der Waals surface area contributed by atoms with Crippen molar-refractivity contribution < 1.29 is 14.3 Å². The zero-order chi connectivity index (χ0) is 21.3. The van der Waals surface area contributed by atoms with E-state index in [-0.39, 0.29) is 11.2 Å². The molecule has 1 amide bonds. The average molecular weight is 399 g/mol. The first-order valence-corrected chi connectivity index (χ1v) is 8.83. The Kier molecular flexibility index (Phi) is 5.35. The van der Waals surface area contributed by atoms with Gasteiger partial charge in [-0.1, -0.05) is 12.1 Å². The molecule has 10 heteroatoms. The fourth-order valence-corrected chi connectivity index (χ4v) is 2.93. The van der Waals surface area contributed by atoms with Gasteiger partial charge in [0.25, 0.3) is 11.5 Å². The first-order chi connectivity index (χ1) is 13.7. The number of carbonyl (C=O) groups excluding carboxylic acids is 2. The summed E-state index contributed by atoms with van der Waals surface area (Å²) in [6, 6.07) is 5.47. The van der Waals surface area contributed by atoms with Crippen molar-refractivity contribution in [3.63, 3.8) is 0 Å². The summed E-state index contributed by atoms with van der Waals surface area (Å²) in [7, 11) is 3.07. The Hall–Kier alpha value is -3.69. The van der Waals surface area contributed by atoms with Crippen LogP contribution in [-0.2, 0) is 35.0 Å². The topological polar surface area (TPSA) is 117 Å². The highest BCUT2D eigenvalue weighted by molar-refractivity contribution is 5.93. The maximum absolute atomic E-state index is 12.6. The van der Waals surface area contributed by atoms with Gasteiger partial charge in [-0.25, -0.2) is 14.3 Å². The normalized spacial score (nSPS) is 10.9. The predicted octanol–water partition coefficient (Wildman–Crippen LogP) is 0.232. The molecule has 0 radical (unpaired) electrons. The lowest BCUT2D eigenvalue weighted by Gasteiger charge is -2.11. The zero-order valence-corrected chi connectivity index (χ0v) is 16.6. The molecule has 2 heterocycles. The number of nitrogens with one attached hydrogen (secondary N) is 1. The molecule has 0 aliphatic heterocycles. The maximum atomic E-state index is 12.6. The molecule has 0 spiro atoms. The number of anilines is 1. The van der Waals surface area contributed by atoms with E-state index in [4.69, 9.17) is 4.74 Å². The third-order valence-electron chi connectivity index (χ3n) is 4.73. The Morgan fingerprint density at radius 2 is 1.90 bits per heavy atom. The molecule has 0 saturated carbocycles. The van der Waals surface area contributed by atoms with E-state index in [0.29, 0.717) is 5.69 Å². The molecule has 0 atom stereocenters. The van der Waals surface area contributed by atoms with E-state index in [9.17, 15) is 19.2 Å². The summed E-state index contributed by atoms with van der Waals surface area (Å²) in [5, 5.41) is 2.67. The van der Waals surface area contributed by atoms with Gasteiger partial charge < -0.3 is 14.6 Å². The molecule has 2 aromatic heterocycles. The van der Waals surface area contributed by atoms with E-state index in [1.165, 1.54) is 22.5 Å². The van der Waals surface area contributed by atoms with Gasteiger partial charge in [0.15, 0.2) is 17.8 Å². The quantitative estimate of drug-likeness (QED) is 0.614. The highest BCUT2D eigenvalue weighted by Gasteiger charge is 2.18. The first-order valence-electron chi connectivity index (χ1n) is 8.83. The molecular formula is C19H21N5O5. The summed E-state index contributed by atoms with van der Waals surface area (Å²) in [6.07, 6.45) is 1.41. The number of hydrogen-bond acceptors (Lipinski definition) is 6. The predicted molar refractivity (Wildman–Crippen MR) is 106 cm³/mol. The molecule has 0 unspecified atom stereocenters. The second-order valence-electron chi connectivity index (χ2n) is 6.72. The molecular weight excluding hydrogens is 378 g/mol. The Bertz CT molecular complexity index is 1230. The van der Waals surface area contributed by atoms with E-state index < -0.39 is 36.3 Å². The largest absolute Gasteiger partial charge is 0.454 e. The van der Waals surface area contributed by atoms with Crippen LogP contribution in [0.1, 0.15) is 11.1 Å². The zero-order valence-electron chi connectivity index (χ0n) is 16.6. The van der Waals surface area contributed by atoms with Crippen LogP contribution in [0.5, 0.6) is 0 Å². The van der Waals surface area contributed by atoms with E-state index >= 15 is 0 Å². The van der Waals surface area contributed by atoms with Crippen molar-refractivity contribution in [2.75, 3.05) is 11.9 Å². The summed E-state index contributed by atoms with van der Waals surface area (Å²) < 4.78 is 8.35. The fourth-order valence-electron chi connectivity index (χ4n) is 2.93. The van der Waals surface area contributed by atoms with Crippen molar-refractivity contribution in [2.24, 2.45) is 14.1 Å². The molecule has 1 N–H and O–H groups in total. The van der Waals surface area contributed by atoms with Gasteiger partial charge in [-0.05, 0) is 31.0 Å². The number of benzene rings is 1. The molecule has 0 aliphatic carbocycles. The first kappa shape index (κ1) is 20.1. The smallest absolute Gasteiger partial charge is 0.333 e. The van der Waals surface area contributed by atoms with Crippen LogP contribution in [-0.4, -0.2) is 37.2 Å². The van der Waals surface area contributed by atoms with Crippen LogP contribution in [0.4, 0.5) is 5.69 Å². The van der Waals surface area contributed by atoms with Gasteiger partial charge >= 0.3 is 11.7 Å². The summed E-state index contributed by atoms with van der Waals surface area (Å²) in [5.41, 5.74) is 1.61. The lowest BCUT2D eigenvalue weighted by molar-refractivity contribution is -0.148. The Labute approximate surface area is 165 Å². The number of esters is 1. The van der Waals surface area contributed by atoms with Crippen molar-refractivity contribution in [1.82, 2.24) is 18.7 Å². The monoisotopic (exact) mass is 399 g/mol. The van der Waals surface area contributed by atoms with Gasteiger partial charge in [-0.2, -0.15) is 0 Å². The highest BCUT2D eigenvalue weighted by Crippen LogP contribution is 2.17. The minimum absolute atomic E-state index is 0.188. The van der Waals surface area contributed by atoms with Crippen LogP contribution in [0, 0.1) is 13.8 Å². The number of amides is 1. The highest BCUT2D eigenvalue weighted by atomic mass is 16.5. The Morgan fingerprint density at radius 3 is 2.62 bits per heavy atom. The lowest BCUT2D eigenvalue weighted by atomic mass is 10.1. The number of imidazole rings is 1. The molecule has 1 aromatic carbocycles. The van der Waals surface area contributed by atoms with E-state index in [1.54, 1.807) is 19.2 Å². The minimum Gasteiger partial charge on any atom is -0.454 e. The van der Waals surface area contributed by atoms with Gasteiger partial charge in [0.2, 0.25) is 0 Å². The molecule has 3 rings (SSSR count). The number of nitrogens with zero attached hydrogens (tertiary/aromatic N) is 4. The summed E-state index contributed by atoms with van der Waals surface area (Å²) in [4.78, 5) is 53.2. The summed E-state index contributed by atoms with van der Waals surface area (Å²) in [6.45, 7) is 2.65. The third kappa shape index (κ3) is 3.82. The van der Waals surface area contributed by atoms with Crippen molar-refractivity contribution in [2.45, 2.75) is 20.4 Å². The van der Waals surface area contributed by atoms with E-state index in [2.05, 4.69) is 10.3 Å². The number of aryl methyl sites for hydroxylation is 3. The molecule has 10 nitrogen and oxygen atoms in total. The van der Waals surface area contributed by atoms with Crippen LogP contribution in [0.25, 0.3) is 11.2 Å². The Morgan fingerprint density at radius 1 is 1.17 bits per heavy atom. The van der Waals surface area contributed by atoms with Gasteiger partial charge in [-0.15, -0.1) is 0 Å². The second kappa shape index (κ2) is 7.74. The van der Waals surface area contributed by atoms with Crippen molar-refractivity contribution in [3.05, 3.63) is 56.5 Å². The standard InChI is InChI=1S/C19H21N5O5/c1-11-6-5-7-13(12(11)2)21-14(25)9-29-15(26)8-24-18(27)16-17(20-10-22(16)3)23(4)19(24)28/h5-7,10H,8-9H2,1-4H3,(H,21,25). The number of carbonyl (C=O) groups is 2. The molecule has 29 heavy (non-hydrogen) atoms. The molecule has 0 bridgehead atoms. The molecule has 152 valence electrons. The van der Waals surface area contributed by atoms with Crippen LogP contribution in [0.2, 0.25) is 0 Å². The third-order valence-corrected chi connectivity index (χ3v) is 4.73. The Balaban J connectivity index is 1.71. The minimum atomic E-state index is -0.873. The van der Waals surface area contributed by atoms with Crippen molar-refractivity contribution in [1.29, 1.82) is 0 Å². The summed E-state index contributed by atoms with van der Waals surface area (Å²) in [5.74, 6) is -1.39. The summed E-state index contributed by atoms with van der Waals surface area (Å²) >= 11 is 0. The molecule has 0 aliphatic rings. The molecule has 0 saturated heterocycles. The van der Waals surface area contributed by atoms with Crippen LogP contribution in [0.3, 0.4) is 0 Å². The molecule has 3 aromatic rings. The molecule has 0 fully saturated rings. The van der Waals surface area contributed by atoms with Gasteiger partial charge in [-0.3, -0.25) is 19.0 Å². The second-order valence-corrected chi connectivity index (χ2v) is 6.72. The number of rotatable bonds is 5. The van der Waals surface area contributed by atoms with Crippen LogP contribution < -0.4 is 16.6 Å². The maximum Gasteiger partial charge on any atom is 0.333 e.